The normalized spacial score (nSPS) is 16.5. The highest BCUT2D eigenvalue weighted by molar-refractivity contribution is 14.0. The van der Waals surface area contributed by atoms with E-state index in [1.165, 1.54) is 11.3 Å². The summed E-state index contributed by atoms with van der Waals surface area (Å²) in [5, 5.41) is 15.9. The largest absolute Gasteiger partial charge is 0.377 e. The number of fused-ring (bicyclic) bond motifs is 1. The summed E-state index contributed by atoms with van der Waals surface area (Å²) in [5.41, 5.74) is 3.61. The van der Waals surface area contributed by atoms with E-state index in [4.69, 9.17) is 4.74 Å². The van der Waals surface area contributed by atoms with Crippen LogP contribution >= 0.6 is 24.0 Å². The summed E-state index contributed by atoms with van der Waals surface area (Å²) in [7, 11) is 5.45. The van der Waals surface area contributed by atoms with E-state index >= 15 is 0 Å². The van der Waals surface area contributed by atoms with Crippen molar-refractivity contribution >= 4 is 29.9 Å². The van der Waals surface area contributed by atoms with Gasteiger partial charge in [-0.1, -0.05) is 0 Å². The minimum atomic E-state index is 0. The number of methoxy groups -OCH3 is 1. The molecule has 0 radical (unpaired) electrons. The number of nitrogens with zero attached hydrogens (tertiary/aromatic N) is 6. The van der Waals surface area contributed by atoms with Crippen molar-refractivity contribution in [3.63, 3.8) is 0 Å². The summed E-state index contributed by atoms with van der Waals surface area (Å²) in [4.78, 5) is 8.88. The van der Waals surface area contributed by atoms with Crippen molar-refractivity contribution in [2.24, 2.45) is 12.0 Å². The van der Waals surface area contributed by atoms with E-state index in [9.17, 15) is 0 Å². The lowest BCUT2D eigenvalue weighted by Gasteiger charge is -2.25. The molecule has 3 rings (SSSR count). The summed E-state index contributed by atoms with van der Waals surface area (Å²) < 4.78 is 9.04. The monoisotopic (exact) mass is 502 g/mol. The Morgan fingerprint density at radius 1 is 1.32 bits per heavy atom. The van der Waals surface area contributed by atoms with Gasteiger partial charge in [-0.25, -0.2) is 9.67 Å². The number of hydrogen-bond donors (Lipinski definition) is 2. The second kappa shape index (κ2) is 10.2. The molecule has 1 atom stereocenters. The molecule has 1 unspecified atom stereocenters. The van der Waals surface area contributed by atoms with E-state index in [0.29, 0.717) is 6.61 Å². The van der Waals surface area contributed by atoms with Crippen molar-refractivity contribution in [1.82, 2.24) is 35.2 Å². The van der Waals surface area contributed by atoms with Gasteiger partial charge >= 0.3 is 0 Å². The molecule has 0 saturated carbocycles. The Labute approximate surface area is 183 Å². The highest BCUT2D eigenvalue weighted by Crippen LogP contribution is 2.14. The summed E-state index contributed by atoms with van der Waals surface area (Å²) in [6.07, 6.45) is 2.83. The third kappa shape index (κ3) is 5.22. The number of aryl methyl sites for hydroxylation is 3. The number of rotatable bonds is 6. The number of guanidine groups is 1. The van der Waals surface area contributed by atoms with Crippen LogP contribution in [0, 0.1) is 13.8 Å². The van der Waals surface area contributed by atoms with Crippen molar-refractivity contribution in [2.45, 2.75) is 52.3 Å². The maximum atomic E-state index is 5.12. The zero-order chi connectivity index (χ0) is 19.4. The van der Waals surface area contributed by atoms with E-state index < -0.39 is 0 Å². The Kier molecular flexibility index (Phi) is 8.23. The molecule has 0 fully saturated rings. The van der Waals surface area contributed by atoms with E-state index in [2.05, 4.69) is 44.7 Å². The summed E-state index contributed by atoms with van der Waals surface area (Å²) >= 11 is 0. The van der Waals surface area contributed by atoms with Crippen LogP contribution in [0.25, 0.3) is 0 Å². The third-order valence-corrected chi connectivity index (χ3v) is 5.07. The molecule has 9 nitrogen and oxygen atoms in total. The smallest absolute Gasteiger partial charge is 0.191 e. The Hall–Kier alpha value is -1.69. The quantitative estimate of drug-likeness (QED) is 0.350. The molecule has 0 aromatic carbocycles. The highest BCUT2D eigenvalue weighted by atomic mass is 127. The lowest BCUT2D eigenvalue weighted by Crippen LogP contribution is -2.47. The molecule has 0 saturated heterocycles. The Balaban J connectivity index is 0.00000280. The molecular formula is C18H31IN8O. The van der Waals surface area contributed by atoms with Gasteiger partial charge in [0.1, 0.15) is 12.4 Å². The van der Waals surface area contributed by atoms with Crippen molar-refractivity contribution in [1.29, 1.82) is 0 Å². The van der Waals surface area contributed by atoms with Gasteiger partial charge in [0.05, 0.1) is 12.2 Å². The second-order valence-corrected chi connectivity index (χ2v) is 6.96. The van der Waals surface area contributed by atoms with Crippen LogP contribution in [0.15, 0.2) is 4.99 Å². The predicted molar refractivity (Wildman–Crippen MR) is 119 cm³/mol. The molecule has 28 heavy (non-hydrogen) atoms. The molecule has 1 aliphatic heterocycles. The van der Waals surface area contributed by atoms with Crippen LogP contribution in [0.1, 0.15) is 35.0 Å². The minimum Gasteiger partial charge on any atom is -0.377 e. The van der Waals surface area contributed by atoms with Crippen LogP contribution in [0.4, 0.5) is 0 Å². The molecule has 0 spiro atoms. The number of halogens is 1. The molecule has 3 heterocycles. The average Bonchev–Trinajstić information content (AvgIpc) is 3.15. The van der Waals surface area contributed by atoms with Gasteiger partial charge in [-0.15, -0.1) is 24.0 Å². The second-order valence-electron chi connectivity index (χ2n) is 6.96. The molecule has 10 heteroatoms. The fourth-order valence-electron chi connectivity index (χ4n) is 3.54. The first-order valence-corrected chi connectivity index (χ1v) is 9.39. The first-order valence-electron chi connectivity index (χ1n) is 9.39. The molecule has 1 aliphatic rings. The maximum Gasteiger partial charge on any atom is 0.191 e. The number of nitrogens with one attached hydrogen (secondary N) is 2. The predicted octanol–water partition coefficient (Wildman–Crippen LogP) is 1.12. The SMILES string of the molecule is CN=C(NCCc1c(C)nn(C)c1C)NC1CCc2nc(COC)nn2C1.I. The Bertz CT molecular complexity index is 813. The Morgan fingerprint density at radius 2 is 2.11 bits per heavy atom. The topological polar surface area (TPSA) is 94.2 Å². The van der Waals surface area contributed by atoms with Crippen molar-refractivity contribution in [3.05, 3.63) is 28.6 Å². The summed E-state index contributed by atoms with van der Waals surface area (Å²) in [6, 6.07) is 0.280. The van der Waals surface area contributed by atoms with Crippen LogP contribution in [-0.2, 0) is 37.8 Å². The lowest BCUT2D eigenvalue weighted by molar-refractivity contribution is 0.177. The van der Waals surface area contributed by atoms with Crippen LogP contribution in [-0.4, -0.2) is 57.2 Å². The van der Waals surface area contributed by atoms with Gasteiger partial charge in [-0.3, -0.25) is 9.67 Å². The molecule has 156 valence electrons. The van der Waals surface area contributed by atoms with Crippen LogP contribution in [0.3, 0.4) is 0 Å². The van der Waals surface area contributed by atoms with Gasteiger partial charge < -0.3 is 15.4 Å². The zero-order valence-corrected chi connectivity index (χ0v) is 19.7. The number of aromatic nitrogens is 5. The summed E-state index contributed by atoms with van der Waals surface area (Å²) in [5.74, 6) is 2.60. The summed E-state index contributed by atoms with van der Waals surface area (Å²) in [6.45, 7) is 6.22. The van der Waals surface area contributed by atoms with Crippen molar-refractivity contribution in [2.75, 3.05) is 20.7 Å². The standard InChI is InChI=1S/C18H30N8O.HI/c1-12-15(13(2)25(4)23-12)8-9-20-18(19-3)21-14-6-7-17-22-16(11-27-5)24-26(17)10-14;/h14H,6-11H2,1-5H3,(H2,19,20,21);1H. The lowest BCUT2D eigenvalue weighted by atomic mass is 10.1. The first-order chi connectivity index (χ1) is 13.0. The van der Waals surface area contributed by atoms with Gasteiger partial charge in [0.15, 0.2) is 11.8 Å². The van der Waals surface area contributed by atoms with E-state index in [-0.39, 0.29) is 30.0 Å². The van der Waals surface area contributed by atoms with Crippen LogP contribution in [0.2, 0.25) is 0 Å². The molecule has 2 aromatic heterocycles. The fraction of sp³-hybridized carbons (Fsp3) is 0.667. The van der Waals surface area contributed by atoms with Gasteiger partial charge in [0.25, 0.3) is 0 Å². The number of aliphatic imine (C=N–C) groups is 1. The average molecular weight is 502 g/mol. The van der Waals surface area contributed by atoms with E-state index in [1.807, 2.05) is 16.4 Å². The van der Waals surface area contributed by atoms with Gasteiger partial charge in [-0.2, -0.15) is 10.2 Å². The molecule has 0 bridgehead atoms. The Morgan fingerprint density at radius 3 is 2.75 bits per heavy atom. The van der Waals surface area contributed by atoms with Gasteiger partial charge in [-0.05, 0) is 32.3 Å². The molecule has 2 aromatic rings. The van der Waals surface area contributed by atoms with Crippen LogP contribution in [0.5, 0.6) is 0 Å². The minimum absolute atomic E-state index is 0. The number of hydrogen-bond acceptors (Lipinski definition) is 5. The third-order valence-electron chi connectivity index (χ3n) is 5.07. The zero-order valence-electron chi connectivity index (χ0n) is 17.3. The van der Waals surface area contributed by atoms with E-state index in [1.54, 1.807) is 14.2 Å². The molecule has 0 amide bonds. The first kappa shape index (κ1) is 22.6. The molecule has 2 N–H and O–H groups in total. The van der Waals surface area contributed by atoms with Gasteiger partial charge in [0.2, 0.25) is 0 Å². The van der Waals surface area contributed by atoms with E-state index in [0.717, 1.165) is 55.7 Å². The van der Waals surface area contributed by atoms with Gasteiger partial charge in [0, 0.05) is 45.9 Å². The maximum absolute atomic E-state index is 5.12. The number of ether oxygens (including phenoxy) is 1. The van der Waals surface area contributed by atoms with Crippen molar-refractivity contribution in [3.8, 4) is 0 Å². The van der Waals surface area contributed by atoms with Crippen LogP contribution < -0.4 is 10.6 Å². The van der Waals surface area contributed by atoms with Crippen molar-refractivity contribution < 1.29 is 4.74 Å². The fourth-order valence-corrected chi connectivity index (χ4v) is 3.54. The molecular weight excluding hydrogens is 471 g/mol. The highest BCUT2D eigenvalue weighted by Gasteiger charge is 2.22. The molecule has 0 aliphatic carbocycles.